The Morgan fingerprint density at radius 2 is 1.75 bits per heavy atom. The highest BCUT2D eigenvalue weighted by Gasteiger charge is 2.10. The molecule has 0 saturated carbocycles. The number of rotatable bonds is 4. The third-order valence-electron chi connectivity index (χ3n) is 3.15. The normalized spacial score (nSPS) is 10.2. The van der Waals surface area contributed by atoms with Gasteiger partial charge in [-0.05, 0) is 54.6 Å². The number of nitrogens with one attached hydrogen (secondary N) is 1. The number of hydrogen-bond donors (Lipinski definition) is 1. The van der Waals surface area contributed by atoms with Crippen molar-refractivity contribution in [2.24, 2.45) is 0 Å². The van der Waals surface area contributed by atoms with Gasteiger partial charge in [-0.1, -0.05) is 29.3 Å². The highest BCUT2D eigenvalue weighted by molar-refractivity contribution is 6.33. The Balaban J connectivity index is 1.68. The Bertz CT molecular complexity index is 867. The standard InChI is InChI=1S/C18H12Cl2N2O2/c19-12-3-1-4-15(11-12)24-14-8-6-13(7-9-14)22-18(23)16-5-2-10-21-17(16)20/h1-11H,(H,22,23). The van der Waals surface area contributed by atoms with Gasteiger partial charge in [0.2, 0.25) is 0 Å². The van der Waals surface area contributed by atoms with Gasteiger partial charge in [-0.3, -0.25) is 4.79 Å². The summed E-state index contributed by atoms with van der Waals surface area (Å²) in [6.45, 7) is 0. The van der Waals surface area contributed by atoms with Gasteiger partial charge in [-0.25, -0.2) is 4.98 Å². The number of carbonyl (C=O) groups is 1. The van der Waals surface area contributed by atoms with Gasteiger partial charge in [0, 0.05) is 16.9 Å². The van der Waals surface area contributed by atoms with Crippen LogP contribution in [-0.4, -0.2) is 10.9 Å². The fourth-order valence-electron chi connectivity index (χ4n) is 2.03. The van der Waals surface area contributed by atoms with Crippen LogP contribution < -0.4 is 10.1 Å². The van der Waals surface area contributed by atoms with Gasteiger partial charge in [0.15, 0.2) is 0 Å². The molecular weight excluding hydrogens is 347 g/mol. The van der Waals surface area contributed by atoms with Crippen molar-refractivity contribution in [3.8, 4) is 11.5 Å². The van der Waals surface area contributed by atoms with Crippen LogP contribution in [0.1, 0.15) is 10.4 Å². The average Bonchev–Trinajstić information content (AvgIpc) is 2.57. The maximum atomic E-state index is 12.2. The van der Waals surface area contributed by atoms with Gasteiger partial charge in [0.1, 0.15) is 16.7 Å². The van der Waals surface area contributed by atoms with E-state index in [1.54, 1.807) is 48.5 Å². The molecule has 0 unspecified atom stereocenters. The lowest BCUT2D eigenvalue weighted by Gasteiger charge is -2.09. The number of benzene rings is 2. The number of hydrogen-bond acceptors (Lipinski definition) is 3. The van der Waals surface area contributed by atoms with E-state index in [2.05, 4.69) is 10.3 Å². The van der Waals surface area contributed by atoms with Gasteiger partial charge in [0.25, 0.3) is 5.91 Å². The van der Waals surface area contributed by atoms with Gasteiger partial charge < -0.3 is 10.1 Å². The molecule has 1 N–H and O–H groups in total. The molecule has 6 heteroatoms. The van der Waals surface area contributed by atoms with Crippen LogP contribution in [-0.2, 0) is 0 Å². The molecule has 1 aromatic heterocycles. The summed E-state index contributed by atoms with van der Waals surface area (Å²) in [4.78, 5) is 16.1. The third kappa shape index (κ3) is 4.04. The molecule has 0 saturated heterocycles. The van der Waals surface area contributed by atoms with Gasteiger partial charge in [-0.15, -0.1) is 0 Å². The van der Waals surface area contributed by atoms with Crippen molar-refractivity contribution >= 4 is 34.8 Å². The average molecular weight is 359 g/mol. The first-order valence-electron chi connectivity index (χ1n) is 7.07. The Morgan fingerprint density at radius 1 is 0.958 bits per heavy atom. The second-order valence-corrected chi connectivity index (χ2v) is 5.67. The van der Waals surface area contributed by atoms with Crippen LogP contribution in [0.15, 0.2) is 66.9 Å². The van der Waals surface area contributed by atoms with E-state index in [1.807, 2.05) is 12.1 Å². The van der Waals surface area contributed by atoms with Crippen LogP contribution in [0.3, 0.4) is 0 Å². The predicted octanol–water partition coefficient (Wildman–Crippen LogP) is 5.43. The molecule has 0 spiro atoms. The fraction of sp³-hybridized carbons (Fsp3) is 0. The Hall–Kier alpha value is -2.56. The largest absolute Gasteiger partial charge is 0.457 e. The summed E-state index contributed by atoms with van der Waals surface area (Å²) in [5.74, 6) is 0.952. The van der Waals surface area contributed by atoms with Crippen molar-refractivity contribution in [1.82, 2.24) is 4.98 Å². The Kier molecular flexibility index (Phi) is 4.99. The minimum Gasteiger partial charge on any atom is -0.457 e. The van der Waals surface area contributed by atoms with Crippen LogP contribution in [0.25, 0.3) is 0 Å². The molecule has 3 aromatic rings. The topological polar surface area (TPSA) is 51.2 Å². The summed E-state index contributed by atoms with van der Waals surface area (Å²) in [5, 5.41) is 3.52. The van der Waals surface area contributed by atoms with E-state index < -0.39 is 0 Å². The maximum absolute atomic E-state index is 12.2. The van der Waals surface area contributed by atoms with Crippen molar-refractivity contribution in [3.63, 3.8) is 0 Å². The second kappa shape index (κ2) is 7.34. The number of anilines is 1. The first-order valence-corrected chi connectivity index (χ1v) is 7.83. The molecular formula is C18H12Cl2N2O2. The fourth-order valence-corrected chi connectivity index (χ4v) is 2.41. The Morgan fingerprint density at radius 3 is 2.46 bits per heavy atom. The minimum absolute atomic E-state index is 0.163. The lowest BCUT2D eigenvalue weighted by Crippen LogP contribution is -2.12. The zero-order valence-corrected chi connectivity index (χ0v) is 13.9. The number of pyridine rings is 1. The molecule has 0 aliphatic rings. The monoisotopic (exact) mass is 358 g/mol. The molecule has 0 aliphatic heterocycles. The van der Waals surface area contributed by atoms with Crippen molar-refractivity contribution < 1.29 is 9.53 Å². The molecule has 1 amide bonds. The molecule has 0 fully saturated rings. The Labute approximate surface area is 149 Å². The molecule has 0 bridgehead atoms. The zero-order chi connectivity index (χ0) is 16.9. The molecule has 120 valence electrons. The molecule has 0 atom stereocenters. The number of ether oxygens (including phenoxy) is 1. The highest BCUT2D eigenvalue weighted by Crippen LogP contribution is 2.25. The van der Waals surface area contributed by atoms with E-state index in [1.165, 1.54) is 6.20 Å². The van der Waals surface area contributed by atoms with Crippen molar-refractivity contribution in [2.45, 2.75) is 0 Å². The highest BCUT2D eigenvalue weighted by atomic mass is 35.5. The van der Waals surface area contributed by atoms with E-state index in [9.17, 15) is 4.79 Å². The van der Waals surface area contributed by atoms with Gasteiger partial charge >= 0.3 is 0 Å². The summed E-state index contributed by atoms with van der Waals surface area (Å²) in [6, 6.07) is 17.4. The van der Waals surface area contributed by atoms with Gasteiger partial charge in [0.05, 0.1) is 5.56 Å². The summed E-state index contributed by atoms with van der Waals surface area (Å²) >= 11 is 11.8. The SMILES string of the molecule is O=C(Nc1ccc(Oc2cccc(Cl)c2)cc1)c1cccnc1Cl. The van der Waals surface area contributed by atoms with Crippen LogP contribution >= 0.6 is 23.2 Å². The van der Waals surface area contributed by atoms with Crippen LogP contribution in [0.4, 0.5) is 5.69 Å². The predicted molar refractivity (Wildman–Crippen MR) is 95.2 cm³/mol. The zero-order valence-electron chi connectivity index (χ0n) is 12.4. The van der Waals surface area contributed by atoms with E-state index in [4.69, 9.17) is 27.9 Å². The summed E-state index contributed by atoms with van der Waals surface area (Å²) < 4.78 is 5.69. The van der Waals surface area contributed by atoms with Crippen molar-refractivity contribution in [3.05, 3.63) is 82.6 Å². The van der Waals surface area contributed by atoms with E-state index in [0.29, 0.717) is 27.8 Å². The summed E-state index contributed by atoms with van der Waals surface area (Å²) in [6.07, 6.45) is 1.53. The lowest BCUT2D eigenvalue weighted by molar-refractivity contribution is 0.102. The van der Waals surface area contributed by atoms with Crippen LogP contribution in [0, 0.1) is 0 Å². The van der Waals surface area contributed by atoms with Crippen molar-refractivity contribution in [2.75, 3.05) is 5.32 Å². The molecule has 24 heavy (non-hydrogen) atoms. The smallest absolute Gasteiger partial charge is 0.258 e. The number of amides is 1. The van der Waals surface area contributed by atoms with Crippen LogP contribution in [0.2, 0.25) is 10.2 Å². The molecule has 0 aliphatic carbocycles. The first kappa shape index (κ1) is 16.3. The minimum atomic E-state index is -0.323. The number of carbonyl (C=O) groups excluding carboxylic acids is 1. The first-order chi connectivity index (χ1) is 11.6. The number of nitrogens with zero attached hydrogens (tertiary/aromatic N) is 1. The maximum Gasteiger partial charge on any atom is 0.258 e. The lowest BCUT2D eigenvalue weighted by atomic mass is 10.2. The third-order valence-corrected chi connectivity index (χ3v) is 3.68. The molecule has 4 nitrogen and oxygen atoms in total. The van der Waals surface area contributed by atoms with E-state index in [0.717, 1.165) is 0 Å². The molecule has 2 aromatic carbocycles. The molecule has 3 rings (SSSR count). The number of aromatic nitrogens is 1. The van der Waals surface area contributed by atoms with E-state index in [-0.39, 0.29) is 11.1 Å². The van der Waals surface area contributed by atoms with Crippen LogP contribution in [0.5, 0.6) is 11.5 Å². The van der Waals surface area contributed by atoms with Gasteiger partial charge in [-0.2, -0.15) is 0 Å². The summed E-state index contributed by atoms with van der Waals surface area (Å²) in [7, 11) is 0. The van der Waals surface area contributed by atoms with E-state index >= 15 is 0 Å². The second-order valence-electron chi connectivity index (χ2n) is 4.88. The summed E-state index contributed by atoms with van der Waals surface area (Å²) in [5.41, 5.74) is 0.941. The molecule has 1 heterocycles. The number of halogens is 2. The molecule has 0 radical (unpaired) electrons. The quantitative estimate of drug-likeness (QED) is 0.632. The van der Waals surface area contributed by atoms with Crippen molar-refractivity contribution in [1.29, 1.82) is 0 Å².